The number of nitrogens with one attached hydrogen (secondary N) is 2. The monoisotopic (exact) mass is 476 g/mol. The first kappa shape index (κ1) is 23.1. The van der Waals surface area contributed by atoms with Crippen LogP contribution in [0.15, 0.2) is 48.6 Å². The predicted molar refractivity (Wildman–Crippen MR) is 138 cm³/mol. The zero-order chi connectivity index (χ0) is 24.4. The number of carbonyl (C=O) groups excluding carboxylic acids is 1. The van der Waals surface area contributed by atoms with Crippen molar-refractivity contribution >= 4 is 29.0 Å². The predicted octanol–water partition coefficient (Wildman–Crippen LogP) is 3.59. The maximum atomic E-state index is 11.6. The van der Waals surface area contributed by atoms with Crippen LogP contribution in [0.1, 0.15) is 25.3 Å². The topological polar surface area (TPSA) is 98.1 Å². The zero-order valence-electron chi connectivity index (χ0n) is 20.0. The number of hydrogen-bond acceptors (Lipinski definition) is 7. The smallest absolute Gasteiger partial charge is 0.262 e. The fourth-order valence-corrected chi connectivity index (χ4v) is 4.62. The number of anilines is 3. The zero-order valence-corrected chi connectivity index (χ0v) is 20.0. The SMILES string of the molecule is C=C(C)/C=C\c1c(N)ccc2c1O[C@@H](CNC1CCN(c3ccc4c(c3)NC(=O)CO4)CC1)CO2. The number of amides is 1. The van der Waals surface area contributed by atoms with Crippen molar-refractivity contribution < 1.29 is 19.0 Å². The molecule has 8 heteroatoms. The first-order valence-corrected chi connectivity index (χ1v) is 12.1. The average molecular weight is 477 g/mol. The van der Waals surface area contributed by atoms with Crippen molar-refractivity contribution in [2.45, 2.75) is 31.9 Å². The summed E-state index contributed by atoms with van der Waals surface area (Å²) in [5.41, 5.74) is 10.5. The number of fused-ring (bicyclic) bond motifs is 2. The number of allylic oxidation sites excluding steroid dienone is 2. The Morgan fingerprint density at radius 3 is 2.83 bits per heavy atom. The molecule has 3 aliphatic rings. The molecule has 0 aromatic heterocycles. The van der Waals surface area contributed by atoms with E-state index in [4.69, 9.17) is 19.9 Å². The minimum absolute atomic E-state index is 0.0740. The van der Waals surface area contributed by atoms with Crippen molar-refractivity contribution in [3.63, 3.8) is 0 Å². The van der Waals surface area contributed by atoms with Gasteiger partial charge >= 0.3 is 0 Å². The Morgan fingerprint density at radius 1 is 1.23 bits per heavy atom. The van der Waals surface area contributed by atoms with Gasteiger partial charge in [-0.2, -0.15) is 0 Å². The van der Waals surface area contributed by atoms with Gasteiger partial charge in [0.25, 0.3) is 5.91 Å². The number of nitrogen functional groups attached to an aromatic ring is 1. The number of rotatable bonds is 6. The lowest BCUT2D eigenvalue weighted by atomic mass is 10.0. The van der Waals surface area contributed by atoms with Gasteiger partial charge in [0.2, 0.25) is 0 Å². The lowest BCUT2D eigenvalue weighted by Crippen LogP contribution is -2.47. The van der Waals surface area contributed by atoms with Gasteiger partial charge in [0.15, 0.2) is 18.1 Å². The molecule has 4 N–H and O–H groups in total. The molecule has 0 aliphatic carbocycles. The van der Waals surface area contributed by atoms with E-state index in [0.717, 1.165) is 59.9 Å². The van der Waals surface area contributed by atoms with Gasteiger partial charge in [-0.05, 0) is 56.2 Å². The van der Waals surface area contributed by atoms with E-state index < -0.39 is 0 Å². The van der Waals surface area contributed by atoms with E-state index >= 15 is 0 Å². The van der Waals surface area contributed by atoms with E-state index in [-0.39, 0.29) is 18.6 Å². The molecule has 0 saturated carbocycles. The van der Waals surface area contributed by atoms with Gasteiger partial charge < -0.3 is 35.5 Å². The minimum Gasteiger partial charge on any atom is -0.486 e. The molecule has 0 spiro atoms. The summed E-state index contributed by atoms with van der Waals surface area (Å²) in [5.74, 6) is 2.02. The van der Waals surface area contributed by atoms with Crippen LogP contribution in [0.2, 0.25) is 0 Å². The highest BCUT2D eigenvalue weighted by Crippen LogP contribution is 2.39. The van der Waals surface area contributed by atoms with E-state index in [1.807, 2.05) is 43.3 Å². The number of piperidine rings is 1. The van der Waals surface area contributed by atoms with Gasteiger partial charge in [-0.25, -0.2) is 0 Å². The van der Waals surface area contributed by atoms with Crippen molar-refractivity contribution in [2.24, 2.45) is 0 Å². The lowest BCUT2D eigenvalue weighted by molar-refractivity contribution is -0.118. The van der Waals surface area contributed by atoms with Gasteiger partial charge in [-0.1, -0.05) is 18.2 Å². The van der Waals surface area contributed by atoms with Gasteiger partial charge in [-0.15, -0.1) is 0 Å². The molecule has 2 aromatic rings. The molecule has 35 heavy (non-hydrogen) atoms. The number of ether oxygens (including phenoxy) is 3. The molecular weight excluding hydrogens is 444 g/mol. The standard InChI is InChI=1S/C27H32N4O4/c1-17(2)3-5-21-22(28)6-8-25-27(21)35-20(15-33-25)14-29-18-9-11-31(12-10-18)19-4-7-24-23(13-19)30-26(32)16-34-24/h3-8,13,18,20,29H,1,9-12,14-16,28H2,2H3,(H,30,32)/b5-3-/t20-/m0/s1. The lowest BCUT2D eigenvalue weighted by Gasteiger charge is -2.36. The molecule has 5 rings (SSSR count). The first-order valence-electron chi connectivity index (χ1n) is 12.1. The van der Waals surface area contributed by atoms with Gasteiger partial charge in [0.05, 0.1) is 5.69 Å². The second-order valence-electron chi connectivity index (χ2n) is 9.31. The number of nitrogens with zero attached hydrogens (tertiary/aromatic N) is 1. The summed E-state index contributed by atoms with van der Waals surface area (Å²) in [4.78, 5) is 14.0. The highest BCUT2D eigenvalue weighted by molar-refractivity contribution is 5.96. The summed E-state index contributed by atoms with van der Waals surface area (Å²) < 4.78 is 17.8. The van der Waals surface area contributed by atoms with Crippen molar-refractivity contribution in [3.05, 3.63) is 54.1 Å². The number of hydrogen-bond donors (Lipinski definition) is 3. The second-order valence-corrected chi connectivity index (χ2v) is 9.31. The quantitative estimate of drug-likeness (QED) is 0.433. The van der Waals surface area contributed by atoms with E-state index in [0.29, 0.717) is 30.6 Å². The Balaban J connectivity index is 1.15. The van der Waals surface area contributed by atoms with E-state index in [9.17, 15) is 4.79 Å². The largest absolute Gasteiger partial charge is 0.486 e. The third-order valence-electron chi connectivity index (χ3n) is 6.53. The third kappa shape index (κ3) is 5.22. The Morgan fingerprint density at radius 2 is 2.03 bits per heavy atom. The minimum atomic E-state index is -0.115. The molecule has 8 nitrogen and oxygen atoms in total. The molecule has 3 heterocycles. The number of carbonyl (C=O) groups is 1. The van der Waals surface area contributed by atoms with Crippen molar-refractivity contribution in [1.29, 1.82) is 0 Å². The van der Waals surface area contributed by atoms with Crippen LogP contribution in [0.3, 0.4) is 0 Å². The summed E-state index contributed by atoms with van der Waals surface area (Å²) in [6, 6.07) is 10.1. The Hall–Kier alpha value is -3.65. The summed E-state index contributed by atoms with van der Waals surface area (Å²) >= 11 is 0. The highest BCUT2D eigenvalue weighted by Gasteiger charge is 2.27. The van der Waals surface area contributed by atoms with Crippen LogP contribution >= 0.6 is 0 Å². The maximum Gasteiger partial charge on any atom is 0.262 e. The molecule has 1 fully saturated rings. The molecular formula is C27H32N4O4. The summed E-state index contributed by atoms with van der Waals surface area (Å²) in [5, 5.41) is 6.55. The van der Waals surface area contributed by atoms with Gasteiger partial charge in [0, 0.05) is 42.6 Å². The number of benzene rings is 2. The van der Waals surface area contributed by atoms with Crippen molar-refractivity contribution in [3.8, 4) is 17.2 Å². The molecule has 184 valence electrons. The van der Waals surface area contributed by atoms with Crippen LogP contribution in [0, 0.1) is 0 Å². The van der Waals surface area contributed by atoms with Crippen LogP contribution in [0.25, 0.3) is 6.08 Å². The fraction of sp³-hybridized carbons (Fsp3) is 0.370. The summed E-state index contributed by atoms with van der Waals surface area (Å²) in [6.07, 6.45) is 5.80. The van der Waals surface area contributed by atoms with Crippen LogP contribution in [0.4, 0.5) is 17.1 Å². The Bertz CT molecular complexity index is 1150. The molecule has 0 radical (unpaired) electrons. The van der Waals surface area contributed by atoms with Gasteiger partial charge in [-0.3, -0.25) is 4.79 Å². The summed E-state index contributed by atoms with van der Waals surface area (Å²) in [7, 11) is 0. The fourth-order valence-electron chi connectivity index (χ4n) is 4.62. The highest BCUT2D eigenvalue weighted by atomic mass is 16.6. The molecule has 1 amide bonds. The van der Waals surface area contributed by atoms with Crippen LogP contribution in [0.5, 0.6) is 17.2 Å². The second kappa shape index (κ2) is 9.92. The van der Waals surface area contributed by atoms with Crippen molar-refractivity contribution in [1.82, 2.24) is 5.32 Å². The van der Waals surface area contributed by atoms with E-state index in [1.54, 1.807) is 0 Å². The van der Waals surface area contributed by atoms with Crippen LogP contribution in [-0.4, -0.2) is 50.9 Å². The van der Waals surface area contributed by atoms with E-state index in [1.165, 1.54) is 0 Å². The molecule has 2 aromatic carbocycles. The molecule has 3 aliphatic heterocycles. The van der Waals surface area contributed by atoms with Crippen molar-refractivity contribution in [2.75, 3.05) is 48.8 Å². The van der Waals surface area contributed by atoms with Crippen LogP contribution in [-0.2, 0) is 4.79 Å². The normalized spacial score (nSPS) is 19.7. The molecule has 1 atom stereocenters. The average Bonchev–Trinajstić information content (AvgIpc) is 2.86. The van der Waals surface area contributed by atoms with Gasteiger partial charge in [0.1, 0.15) is 18.5 Å². The Kier molecular flexibility index (Phi) is 6.55. The molecule has 1 saturated heterocycles. The molecule has 0 bridgehead atoms. The number of nitrogens with two attached hydrogens (primary N) is 1. The molecule has 0 unspecified atom stereocenters. The third-order valence-corrected chi connectivity index (χ3v) is 6.53. The maximum absolute atomic E-state index is 11.6. The Labute approximate surface area is 205 Å². The first-order chi connectivity index (χ1) is 17.0. The van der Waals surface area contributed by atoms with Crippen LogP contribution < -0.4 is 35.5 Å². The van der Waals surface area contributed by atoms with E-state index in [2.05, 4.69) is 28.2 Å². The summed E-state index contributed by atoms with van der Waals surface area (Å²) in [6.45, 7) is 8.99.